The molecular weight excluding hydrogens is 398 g/mol. The van der Waals surface area contributed by atoms with Crippen LogP contribution in [0.25, 0.3) is 0 Å². The predicted molar refractivity (Wildman–Crippen MR) is 111 cm³/mol. The smallest absolute Gasteiger partial charge is 0.240 e. The number of piperidine rings is 1. The summed E-state index contributed by atoms with van der Waals surface area (Å²) >= 11 is 6.08. The molecule has 0 saturated carbocycles. The Hall–Kier alpha value is -1.93. The maximum absolute atomic E-state index is 12.4. The molecule has 0 atom stereocenters. The highest BCUT2D eigenvalue weighted by Gasteiger charge is 2.25. The molecule has 0 aromatic heterocycles. The van der Waals surface area contributed by atoms with Gasteiger partial charge in [-0.1, -0.05) is 35.9 Å². The van der Waals surface area contributed by atoms with Crippen LogP contribution in [0.2, 0.25) is 5.02 Å². The number of likely N-dealkylation sites (tertiary alicyclic amines) is 1. The van der Waals surface area contributed by atoms with Crippen LogP contribution in [0.15, 0.2) is 53.4 Å². The Morgan fingerprint density at radius 3 is 2.46 bits per heavy atom. The molecule has 0 radical (unpaired) electrons. The Morgan fingerprint density at radius 1 is 1.14 bits per heavy atom. The lowest BCUT2D eigenvalue weighted by Crippen LogP contribution is -2.46. The van der Waals surface area contributed by atoms with Crippen molar-refractivity contribution in [3.05, 3.63) is 59.1 Å². The topological polar surface area (TPSA) is 78.5 Å². The molecule has 6 nitrogen and oxygen atoms in total. The van der Waals surface area contributed by atoms with Crippen LogP contribution in [0.4, 0.5) is 5.69 Å². The van der Waals surface area contributed by atoms with Crippen LogP contribution in [-0.2, 0) is 14.8 Å². The fourth-order valence-electron chi connectivity index (χ4n) is 3.17. The Morgan fingerprint density at radius 2 is 1.82 bits per heavy atom. The van der Waals surface area contributed by atoms with E-state index in [4.69, 9.17) is 11.6 Å². The van der Waals surface area contributed by atoms with Crippen molar-refractivity contribution < 1.29 is 13.2 Å². The summed E-state index contributed by atoms with van der Waals surface area (Å²) in [5.41, 5.74) is 1.63. The first-order valence-corrected chi connectivity index (χ1v) is 11.1. The average Bonchev–Trinajstić information content (AvgIpc) is 2.67. The standard InChI is InChI=1S/C20H24ClN3O3S/c1-15-7-8-17(13-19(15)21)22-20(25)14-24-11-9-16(10-12-24)23-28(26,27)18-5-3-2-4-6-18/h2-8,13,16,23H,9-12,14H2,1H3,(H,22,25). The molecule has 1 fully saturated rings. The van der Waals surface area contributed by atoms with E-state index in [0.29, 0.717) is 36.6 Å². The van der Waals surface area contributed by atoms with Gasteiger partial charge in [0.2, 0.25) is 15.9 Å². The number of amides is 1. The van der Waals surface area contributed by atoms with Gasteiger partial charge in [0.15, 0.2) is 0 Å². The maximum Gasteiger partial charge on any atom is 0.240 e. The lowest BCUT2D eigenvalue weighted by atomic mass is 10.1. The molecule has 3 rings (SSSR count). The van der Waals surface area contributed by atoms with Gasteiger partial charge in [-0.25, -0.2) is 13.1 Å². The highest BCUT2D eigenvalue weighted by molar-refractivity contribution is 7.89. The predicted octanol–water partition coefficient (Wildman–Crippen LogP) is 3.03. The van der Waals surface area contributed by atoms with Crippen molar-refractivity contribution in [2.45, 2.75) is 30.7 Å². The fraction of sp³-hybridized carbons (Fsp3) is 0.350. The summed E-state index contributed by atoms with van der Waals surface area (Å²) in [7, 11) is -3.51. The number of nitrogens with zero attached hydrogens (tertiary/aromatic N) is 1. The van der Waals surface area contributed by atoms with Gasteiger partial charge in [-0.2, -0.15) is 0 Å². The van der Waals surface area contributed by atoms with Crippen molar-refractivity contribution >= 4 is 33.2 Å². The largest absolute Gasteiger partial charge is 0.325 e. The van der Waals surface area contributed by atoms with Gasteiger partial charge in [0, 0.05) is 29.8 Å². The molecule has 1 saturated heterocycles. The monoisotopic (exact) mass is 421 g/mol. The summed E-state index contributed by atoms with van der Waals surface area (Å²) in [6, 6.07) is 13.7. The first kappa shape index (κ1) is 20.8. The summed E-state index contributed by atoms with van der Waals surface area (Å²) in [5, 5.41) is 3.47. The van der Waals surface area contributed by atoms with E-state index < -0.39 is 10.0 Å². The number of anilines is 1. The number of halogens is 1. The number of hydrogen-bond donors (Lipinski definition) is 2. The second-order valence-corrected chi connectivity index (χ2v) is 9.12. The van der Waals surface area contributed by atoms with Gasteiger partial charge < -0.3 is 5.32 Å². The molecule has 1 aliphatic heterocycles. The average molecular weight is 422 g/mol. The zero-order valence-corrected chi connectivity index (χ0v) is 17.3. The number of hydrogen-bond acceptors (Lipinski definition) is 4. The molecule has 8 heteroatoms. The molecule has 1 aliphatic rings. The van der Waals surface area contributed by atoms with Gasteiger partial charge in [0.25, 0.3) is 0 Å². The third-order valence-corrected chi connectivity index (χ3v) is 6.73. The second kappa shape index (κ2) is 9.05. The van der Waals surface area contributed by atoms with E-state index >= 15 is 0 Å². The minimum atomic E-state index is -3.51. The van der Waals surface area contributed by atoms with Crippen LogP contribution < -0.4 is 10.0 Å². The third kappa shape index (κ3) is 5.54. The van der Waals surface area contributed by atoms with Crippen molar-refractivity contribution in [1.82, 2.24) is 9.62 Å². The summed E-state index contributed by atoms with van der Waals surface area (Å²) in [6.07, 6.45) is 1.32. The molecule has 1 amide bonds. The van der Waals surface area contributed by atoms with E-state index in [9.17, 15) is 13.2 Å². The number of benzene rings is 2. The van der Waals surface area contributed by atoms with E-state index in [2.05, 4.69) is 10.0 Å². The Balaban J connectivity index is 1.47. The van der Waals surface area contributed by atoms with Crippen LogP contribution in [-0.4, -0.2) is 44.9 Å². The van der Waals surface area contributed by atoms with Crippen molar-refractivity contribution in [2.24, 2.45) is 0 Å². The number of nitrogens with one attached hydrogen (secondary N) is 2. The summed E-state index contributed by atoms with van der Waals surface area (Å²) in [4.78, 5) is 14.6. The molecule has 2 N–H and O–H groups in total. The molecular formula is C20H24ClN3O3S. The van der Waals surface area contributed by atoms with E-state index in [1.54, 1.807) is 36.4 Å². The van der Waals surface area contributed by atoms with Crippen molar-refractivity contribution in [2.75, 3.05) is 25.0 Å². The lowest BCUT2D eigenvalue weighted by Gasteiger charge is -2.31. The minimum Gasteiger partial charge on any atom is -0.325 e. The number of sulfonamides is 1. The van der Waals surface area contributed by atoms with Crippen LogP contribution in [0.5, 0.6) is 0 Å². The molecule has 1 heterocycles. The molecule has 2 aromatic carbocycles. The van der Waals surface area contributed by atoms with E-state index in [1.165, 1.54) is 0 Å². The van der Waals surface area contributed by atoms with Gasteiger partial charge in [-0.05, 0) is 49.6 Å². The number of carbonyl (C=O) groups excluding carboxylic acids is 1. The second-order valence-electron chi connectivity index (χ2n) is 7.00. The SMILES string of the molecule is Cc1ccc(NC(=O)CN2CCC(NS(=O)(=O)c3ccccc3)CC2)cc1Cl. The number of rotatable bonds is 6. The molecule has 0 bridgehead atoms. The fourth-order valence-corrected chi connectivity index (χ4v) is 4.68. The Kier molecular flexibility index (Phi) is 6.72. The molecule has 28 heavy (non-hydrogen) atoms. The van der Waals surface area contributed by atoms with Gasteiger partial charge in [-0.15, -0.1) is 0 Å². The van der Waals surface area contributed by atoms with Gasteiger partial charge in [-0.3, -0.25) is 9.69 Å². The van der Waals surface area contributed by atoms with Crippen LogP contribution >= 0.6 is 11.6 Å². The molecule has 0 spiro atoms. The minimum absolute atomic E-state index is 0.108. The number of carbonyl (C=O) groups is 1. The molecule has 2 aromatic rings. The maximum atomic E-state index is 12.4. The summed E-state index contributed by atoms with van der Waals surface area (Å²) in [6.45, 7) is 3.49. The summed E-state index contributed by atoms with van der Waals surface area (Å²) < 4.78 is 27.6. The van der Waals surface area contributed by atoms with Crippen LogP contribution in [0, 0.1) is 6.92 Å². The normalized spacial score (nSPS) is 16.1. The third-order valence-electron chi connectivity index (χ3n) is 4.79. The highest BCUT2D eigenvalue weighted by Crippen LogP contribution is 2.20. The quantitative estimate of drug-likeness (QED) is 0.751. The highest BCUT2D eigenvalue weighted by atomic mass is 35.5. The van der Waals surface area contributed by atoms with E-state index in [0.717, 1.165) is 5.56 Å². The van der Waals surface area contributed by atoms with Gasteiger partial charge >= 0.3 is 0 Å². The summed E-state index contributed by atoms with van der Waals surface area (Å²) in [5.74, 6) is -0.108. The molecule has 150 valence electrons. The van der Waals surface area contributed by atoms with Crippen molar-refractivity contribution in [1.29, 1.82) is 0 Å². The van der Waals surface area contributed by atoms with E-state index in [-0.39, 0.29) is 23.4 Å². The Labute approximate surface area is 170 Å². The molecule has 0 aliphatic carbocycles. The lowest BCUT2D eigenvalue weighted by molar-refractivity contribution is -0.117. The first-order valence-electron chi connectivity index (χ1n) is 9.19. The van der Waals surface area contributed by atoms with Crippen LogP contribution in [0.1, 0.15) is 18.4 Å². The van der Waals surface area contributed by atoms with Crippen molar-refractivity contribution in [3.8, 4) is 0 Å². The number of aryl methyl sites for hydroxylation is 1. The zero-order chi connectivity index (χ0) is 20.1. The zero-order valence-electron chi connectivity index (χ0n) is 15.7. The van der Waals surface area contributed by atoms with Crippen molar-refractivity contribution in [3.63, 3.8) is 0 Å². The van der Waals surface area contributed by atoms with Gasteiger partial charge in [0.1, 0.15) is 0 Å². The first-order chi connectivity index (χ1) is 13.3. The Bertz CT molecular complexity index is 927. The van der Waals surface area contributed by atoms with Gasteiger partial charge in [0.05, 0.1) is 11.4 Å². The molecule has 0 unspecified atom stereocenters. The van der Waals surface area contributed by atoms with E-state index in [1.807, 2.05) is 24.0 Å². The van der Waals surface area contributed by atoms with Crippen LogP contribution in [0.3, 0.4) is 0 Å².